The molecule has 1 aliphatic rings. The predicted molar refractivity (Wildman–Crippen MR) is 83.0 cm³/mol. The van der Waals surface area contributed by atoms with E-state index >= 15 is 0 Å². The Balaban J connectivity index is 1.35. The minimum atomic E-state index is -0.293. The maximum Gasteiger partial charge on any atom is 0.253 e. The van der Waals surface area contributed by atoms with E-state index < -0.39 is 0 Å². The first kappa shape index (κ1) is 18.2. The summed E-state index contributed by atoms with van der Waals surface area (Å²) in [5.41, 5.74) is 0.900. The lowest BCUT2D eigenvalue weighted by atomic mass is 10.3. The Bertz CT molecular complexity index is 554. The van der Waals surface area contributed by atoms with Crippen LogP contribution in [0.3, 0.4) is 0 Å². The number of aromatic nitrogens is 3. The van der Waals surface area contributed by atoms with Gasteiger partial charge in [-0.3, -0.25) is 19.2 Å². The molecule has 0 spiro atoms. The molecule has 0 N–H and O–H groups in total. The van der Waals surface area contributed by atoms with E-state index in [1.165, 1.54) is 12.2 Å². The molecule has 1 aromatic heterocycles. The molecule has 1 aromatic rings. The van der Waals surface area contributed by atoms with Gasteiger partial charge in [0.1, 0.15) is 0 Å². The third kappa shape index (κ3) is 6.19. The predicted octanol–water partition coefficient (Wildman–Crippen LogP) is -0.668. The number of aryl methyl sites for hydroxylation is 1. The first-order valence-corrected chi connectivity index (χ1v) is 7.79. The Morgan fingerprint density at radius 2 is 1.50 bits per heavy atom. The molecule has 0 atom stereocenters. The summed E-state index contributed by atoms with van der Waals surface area (Å²) in [5.74, 6) is -0.586. The maximum atomic E-state index is 11.3. The lowest BCUT2D eigenvalue weighted by Crippen LogP contribution is -2.33. The van der Waals surface area contributed by atoms with Crippen molar-refractivity contribution in [2.75, 3.05) is 46.2 Å². The van der Waals surface area contributed by atoms with Gasteiger partial charge in [0.05, 0.1) is 51.9 Å². The van der Waals surface area contributed by atoms with Crippen molar-refractivity contribution in [3.8, 4) is 0 Å². The van der Waals surface area contributed by atoms with Crippen molar-refractivity contribution in [1.82, 2.24) is 19.9 Å². The number of hydrogen-bond donors (Lipinski definition) is 0. The molecule has 1 aliphatic heterocycles. The molecule has 132 valence electrons. The molecule has 24 heavy (non-hydrogen) atoms. The van der Waals surface area contributed by atoms with Gasteiger partial charge in [-0.1, -0.05) is 5.21 Å². The van der Waals surface area contributed by atoms with Crippen LogP contribution in [0, 0.1) is 0 Å². The summed E-state index contributed by atoms with van der Waals surface area (Å²) in [6.07, 6.45) is 5.10. The number of nitrogens with zero attached hydrogens (tertiary/aromatic N) is 4. The Hall–Kier alpha value is -2.10. The van der Waals surface area contributed by atoms with Crippen LogP contribution in [0.15, 0.2) is 18.3 Å². The van der Waals surface area contributed by atoms with Crippen molar-refractivity contribution in [2.24, 2.45) is 7.05 Å². The van der Waals surface area contributed by atoms with E-state index in [1.807, 2.05) is 13.2 Å². The third-order valence-electron chi connectivity index (χ3n) is 3.26. The molecule has 2 heterocycles. The van der Waals surface area contributed by atoms with Gasteiger partial charge < -0.3 is 14.2 Å². The fraction of sp³-hybridized carbons (Fsp3) is 0.600. The molecule has 2 rings (SSSR count). The molecule has 0 radical (unpaired) electrons. The van der Waals surface area contributed by atoms with Gasteiger partial charge in [-0.15, -0.1) is 5.10 Å². The molecule has 0 saturated heterocycles. The van der Waals surface area contributed by atoms with Crippen LogP contribution in [0.1, 0.15) is 5.69 Å². The molecule has 9 nitrogen and oxygen atoms in total. The zero-order chi connectivity index (χ0) is 17.2. The molecule has 0 saturated carbocycles. The highest BCUT2D eigenvalue weighted by Gasteiger charge is 2.22. The molecule has 0 aliphatic carbocycles. The van der Waals surface area contributed by atoms with Crippen molar-refractivity contribution >= 4 is 11.8 Å². The van der Waals surface area contributed by atoms with Gasteiger partial charge in [-0.2, -0.15) is 0 Å². The van der Waals surface area contributed by atoms with E-state index in [0.717, 1.165) is 17.0 Å². The first-order chi connectivity index (χ1) is 11.7. The number of ether oxygens (including phenoxy) is 3. The lowest BCUT2D eigenvalue weighted by Gasteiger charge is -2.13. The molecular weight excluding hydrogens is 316 g/mol. The van der Waals surface area contributed by atoms with Crippen molar-refractivity contribution in [1.29, 1.82) is 0 Å². The molecule has 0 unspecified atom stereocenters. The van der Waals surface area contributed by atoms with E-state index in [2.05, 4.69) is 10.3 Å². The second kappa shape index (κ2) is 9.91. The van der Waals surface area contributed by atoms with Crippen LogP contribution < -0.4 is 0 Å². The van der Waals surface area contributed by atoms with Gasteiger partial charge >= 0.3 is 0 Å². The topological polar surface area (TPSA) is 95.8 Å². The van der Waals surface area contributed by atoms with Gasteiger partial charge in [-0.05, 0) is 0 Å². The van der Waals surface area contributed by atoms with Gasteiger partial charge in [0.2, 0.25) is 0 Å². The van der Waals surface area contributed by atoms with Gasteiger partial charge in [0.15, 0.2) is 0 Å². The standard InChI is InChI=1S/C15H22N4O5/c1-18-12-13(16-17-18)4-6-22-8-10-24-11-9-23-7-5-19-14(20)2-3-15(19)21/h2-3,12H,4-11H2,1H3. The first-order valence-electron chi connectivity index (χ1n) is 7.79. The monoisotopic (exact) mass is 338 g/mol. The number of carbonyl (C=O) groups excluding carboxylic acids is 2. The summed E-state index contributed by atoms with van der Waals surface area (Å²) in [7, 11) is 1.82. The van der Waals surface area contributed by atoms with Gasteiger partial charge in [0.25, 0.3) is 11.8 Å². The van der Waals surface area contributed by atoms with Crippen LogP contribution in [-0.4, -0.2) is 77.9 Å². The fourth-order valence-electron chi connectivity index (χ4n) is 2.04. The van der Waals surface area contributed by atoms with Gasteiger partial charge in [-0.25, -0.2) is 0 Å². The average Bonchev–Trinajstić information content (AvgIpc) is 3.12. The van der Waals surface area contributed by atoms with Crippen LogP contribution in [0.4, 0.5) is 0 Å². The van der Waals surface area contributed by atoms with E-state index in [4.69, 9.17) is 14.2 Å². The van der Waals surface area contributed by atoms with Crippen molar-refractivity contribution in [3.63, 3.8) is 0 Å². The third-order valence-corrected chi connectivity index (χ3v) is 3.26. The summed E-state index contributed by atoms with van der Waals surface area (Å²) >= 11 is 0. The molecule has 2 amide bonds. The Labute approximate surface area is 140 Å². The Morgan fingerprint density at radius 1 is 0.917 bits per heavy atom. The van der Waals surface area contributed by atoms with Crippen LogP contribution in [-0.2, 0) is 37.3 Å². The quantitative estimate of drug-likeness (QED) is 0.368. The van der Waals surface area contributed by atoms with E-state index in [9.17, 15) is 9.59 Å². The molecule has 0 aromatic carbocycles. The summed E-state index contributed by atoms with van der Waals surface area (Å²) in [4.78, 5) is 23.7. The average molecular weight is 338 g/mol. The van der Waals surface area contributed by atoms with Crippen molar-refractivity contribution < 1.29 is 23.8 Å². The van der Waals surface area contributed by atoms with E-state index in [1.54, 1.807) is 4.68 Å². The Morgan fingerprint density at radius 3 is 2.08 bits per heavy atom. The summed E-state index contributed by atoms with van der Waals surface area (Å²) in [5, 5.41) is 7.81. The van der Waals surface area contributed by atoms with Crippen molar-refractivity contribution in [2.45, 2.75) is 6.42 Å². The number of hydrogen-bond acceptors (Lipinski definition) is 7. The van der Waals surface area contributed by atoms with Crippen LogP contribution in [0.5, 0.6) is 0 Å². The van der Waals surface area contributed by atoms with Crippen molar-refractivity contribution in [3.05, 3.63) is 24.0 Å². The minimum Gasteiger partial charge on any atom is -0.379 e. The van der Waals surface area contributed by atoms with Crippen LogP contribution in [0.25, 0.3) is 0 Å². The van der Waals surface area contributed by atoms with Crippen LogP contribution in [0.2, 0.25) is 0 Å². The molecule has 9 heteroatoms. The number of carbonyl (C=O) groups is 2. The highest BCUT2D eigenvalue weighted by molar-refractivity contribution is 6.12. The lowest BCUT2D eigenvalue weighted by molar-refractivity contribution is -0.137. The summed E-state index contributed by atoms with van der Waals surface area (Å²) < 4.78 is 17.8. The minimum absolute atomic E-state index is 0.260. The van der Waals surface area contributed by atoms with E-state index in [-0.39, 0.29) is 18.4 Å². The smallest absolute Gasteiger partial charge is 0.253 e. The number of rotatable bonds is 12. The fourth-order valence-corrected chi connectivity index (χ4v) is 2.04. The number of amides is 2. The molecular formula is C15H22N4O5. The molecule has 0 bridgehead atoms. The largest absolute Gasteiger partial charge is 0.379 e. The highest BCUT2D eigenvalue weighted by Crippen LogP contribution is 2.02. The SMILES string of the molecule is Cn1cc(CCOCCOCCOCCN2C(=O)C=CC2=O)nn1. The van der Waals surface area contributed by atoms with Gasteiger partial charge in [0, 0.05) is 31.8 Å². The Kier molecular flexibility index (Phi) is 7.53. The number of imide groups is 1. The maximum absolute atomic E-state index is 11.3. The zero-order valence-electron chi connectivity index (χ0n) is 13.7. The summed E-state index contributed by atoms with van der Waals surface area (Å²) in [6, 6.07) is 0. The molecule has 0 fully saturated rings. The van der Waals surface area contributed by atoms with E-state index in [0.29, 0.717) is 39.6 Å². The second-order valence-electron chi connectivity index (χ2n) is 5.13. The zero-order valence-corrected chi connectivity index (χ0v) is 13.7. The summed E-state index contributed by atoms with van der Waals surface area (Å²) in [6.45, 7) is 2.97. The normalized spacial score (nSPS) is 14.1. The van der Waals surface area contributed by atoms with Crippen LogP contribution >= 0.6 is 0 Å². The second-order valence-corrected chi connectivity index (χ2v) is 5.13. The highest BCUT2D eigenvalue weighted by atomic mass is 16.5.